The molecule has 0 bridgehead atoms. The first-order chi connectivity index (χ1) is 9.29. The Morgan fingerprint density at radius 2 is 2.37 bits per heavy atom. The second kappa shape index (κ2) is 5.01. The van der Waals surface area contributed by atoms with Gasteiger partial charge in [0.2, 0.25) is 0 Å². The first-order valence-corrected chi connectivity index (χ1v) is 6.55. The van der Waals surface area contributed by atoms with Gasteiger partial charge in [0.1, 0.15) is 5.75 Å². The van der Waals surface area contributed by atoms with Gasteiger partial charge < -0.3 is 10.1 Å². The van der Waals surface area contributed by atoms with Gasteiger partial charge in [0.25, 0.3) is 5.56 Å². The van der Waals surface area contributed by atoms with Crippen molar-refractivity contribution in [2.75, 3.05) is 20.2 Å². The average Bonchev–Trinajstić information content (AvgIpc) is 2.48. The highest BCUT2D eigenvalue weighted by molar-refractivity contribution is 5.78. The van der Waals surface area contributed by atoms with Crippen LogP contribution in [-0.2, 0) is 0 Å². The zero-order valence-corrected chi connectivity index (χ0v) is 10.9. The van der Waals surface area contributed by atoms with Gasteiger partial charge in [0.05, 0.1) is 30.4 Å². The van der Waals surface area contributed by atoms with Crippen LogP contribution < -0.4 is 15.6 Å². The molecule has 0 saturated carbocycles. The van der Waals surface area contributed by atoms with Crippen molar-refractivity contribution in [1.82, 2.24) is 14.9 Å². The smallest absolute Gasteiger partial charge is 0.261 e. The zero-order chi connectivity index (χ0) is 13.2. The highest BCUT2D eigenvalue weighted by Gasteiger charge is 2.17. The molecule has 1 atom stereocenters. The molecule has 5 nitrogen and oxygen atoms in total. The van der Waals surface area contributed by atoms with Gasteiger partial charge in [0, 0.05) is 12.6 Å². The number of methoxy groups -OCH3 is 1. The van der Waals surface area contributed by atoms with Crippen LogP contribution in [0, 0.1) is 0 Å². The van der Waals surface area contributed by atoms with Crippen LogP contribution in [0.25, 0.3) is 10.9 Å². The Morgan fingerprint density at radius 1 is 1.47 bits per heavy atom. The number of fused-ring (bicyclic) bond motifs is 1. The van der Waals surface area contributed by atoms with Crippen LogP contribution in [0.1, 0.15) is 18.9 Å². The SMILES string of the molecule is COc1ccc2c(=O)n(C3CCCNC3)cnc2c1. The van der Waals surface area contributed by atoms with Gasteiger partial charge in [-0.15, -0.1) is 0 Å². The second-order valence-corrected chi connectivity index (χ2v) is 4.84. The molecule has 0 amide bonds. The highest BCUT2D eigenvalue weighted by atomic mass is 16.5. The molecule has 100 valence electrons. The van der Waals surface area contributed by atoms with E-state index in [0.29, 0.717) is 10.9 Å². The minimum Gasteiger partial charge on any atom is -0.497 e. The second-order valence-electron chi connectivity index (χ2n) is 4.84. The number of rotatable bonds is 2. The van der Waals surface area contributed by atoms with E-state index in [1.54, 1.807) is 36.2 Å². The fourth-order valence-corrected chi connectivity index (χ4v) is 2.57. The number of benzene rings is 1. The van der Waals surface area contributed by atoms with Crippen molar-refractivity contribution in [2.45, 2.75) is 18.9 Å². The number of nitrogens with one attached hydrogen (secondary N) is 1. The quantitative estimate of drug-likeness (QED) is 0.884. The van der Waals surface area contributed by atoms with E-state index in [1.807, 2.05) is 0 Å². The Morgan fingerprint density at radius 3 is 3.11 bits per heavy atom. The van der Waals surface area contributed by atoms with Gasteiger partial charge in [-0.25, -0.2) is 4.98 Å². The molecule has 1 aliphatic heterocycles. The molecule has 19 heavy (non-hydrogen) atoms. The molecular formula is C14H17N3O2. The van der Waals surface area contributed by atoms with Gasteiger partial charge in [0.15, 0.2) is 0 Å². The maximum absolute atomic E-state index is 12.5. The molecular weight excluding hydrogens is 242 g/mol. The molecule has 5 heteroatoms. The standard InChI is InChI=1S/C14H17N3O2/c1-19-11-4-5-12-13(7-11)16-9-17(14(12)18)10-3-2-6-15-8-10/h4-5,7,9-10,15H,2-3,6,8H2,1H3. The third-order valence-electron chi connectivity index (χ3n) is 3.66. The van der Waals surface area contributed by atoms with E-state index in [9.17, 15) is 4.79 Å². The van der Waals surface area contributed by atoms with Crippen LogP contribution in [0.15, 0.2) is 29.3 Å². The monoisotopic (exact) mass is 259 g/mol. The van der Waals surface area contributed by atoms with Crippen LogP contribution in [-0.4, -0.2) is 29.8 Å². The third kappa shape index (κ3) is 2.21. The Bertz CT molecular complexity index is 645. The lowest BCUT2D eigenvalue weighted by Crippen LogP contribution is -2.36. The van der Waals surface area contributed by atoms with Crippen molar-refractivity contribution in [2.24, 2.45) is 0 Å². The summed E-state index contributed by atoms with van der Waals surface area (Å²) in [5.41, 5.74) is 0.714. The summed E-state index contributed by atoms with van der Waals surface area (Å²) in [6.45, 7) is 1.87. The lowest BCUT2D eigenvalue weighted by molar-refractivity contribution is 0.363. The Labute approximate surface area is 111 Å². The molecule has 1 fully saturated rings. The normalized spacial score (nSPS) is 19.5. The summed E-state index contributed by atoms with van der Waals surface area (Å²) in [5.74, 6) is 0.719. The topological polar surface area (TPSA) is 56.1 Å². The lowest BCUT2D eigenvalue weighted by atomic mass is 10.1. The van der Waals surface area contributed by atoms with Crippen LogP contribution in [0.5, 0.6) is 5.75 Å². The van der Waals surface area contributed by atoms with Crippen LogP contribution in [0.4, 0.5) is 0 Å². The largest absolute Gasteiger partial charge is 0.497 e. The molecule has 1 aromatic heterocycles. The van der Waals surface area contributed by atoms with Gasteiger partial charge >= 0.3 is 0 Å². The summed E-state index contributed by atoms with van der Waals surface area (Å²) < 4.78 is 6.90. The molecule has 2 aromatic rings. The molecule has 1 unspecified atom stereocenters. The molecule has 1 aliphatic rings. The van der Waals surface area contributed by atoms with Gasteiger partial charge in [-0.1, -0.05) is 0 Å². The van der Waals surface area contributed by atoms with E-state index in [0.717, 1.165) is 31.7 Å². The minimum absolute atomic E-state index is 0.0290. The fourth-order valence-electron chi connectivity index (χ4n) is 2.57. The van der Waals surface area contributed by atoms with Gasteiger partial charge in [-0.2, -0.15) is 0 Å². The summed E-state index contributed by atoms with van der Waals surface area (Å²) in [7, 11) is 1.61. The molecule has 1 aromatic carbocycles. The predicted molar refractivity (Wildman–Crippen MR) is 73.7 cm³/mol. The summed E-state index contributed by atoms with van der Waals surface area (Å²) in [4.78, 5) is 16.9. The van der Waals surface area contributed by atoms with E-state index in [1.165, 1.54) is 0 Å². The number of piperidine rings is 1. The van der Waals surface area contributed by atoms with Crippen molar-refractivity contribution >= 4 is 10.9 Å². The molecule has 1 saturated heterocycles. The van der Waals surface area contributed by atoms with E-state index in [4.69, 9.17) is 4.74 Å². The molecule has 0 radical (unpaired) electrons. The Balaban J connectivity index is 2.07. The Kier molecular flexibility index (Phi) is 3.21. The number of nitrogens with zero attached hydrogens (tertiary/aromatic N) is 2. The fraction of sp³-hybridized carbons (Fsp3) is 0.429. The minimum atomic E-state index is 0.0290. The van der Waals surface area contributed by atoms with Crippen molar-refractivity contribution < 1.29 is 4.74 Å². The first-order valence-electron chi connectivity index (χ1n) is 6.55. The predicted octanol–water partition coefficient (Wildman–Crippen LogP) is 1.33. The number of hydrogen-bond acceptors (Lipinski definition) is 4. The molecule has 1 N–H and O–H groups in total. The maximum Gasteiger partial charge on any atom is 0.261 e. The molecule has 3 rings (SSSR count). The van der Waals surface area contributed by atoms with Crippen molar-refractivity contribution in [3.05, 3.63) is 34.9 Å². The van der Waals surface area contributed by atoms with E-state index >= 15 is 0 Å². The first kappa shape index (κ1) is 12.2. The van der Waals surface area contributed by atoms with E-state index in [-0.39, 0.29) is 11.6 Å². The van der Waals surface area contributed by atoms with E-state index < -0.39 is 0 Å². The summed E-state index contributed by atoms with van der Waals surface area (Å²) >= 11 is 0. The van der Waals surface area contributed by atoms with Crippen LogP contribution in [0.2, 0.25) is 0 Å². The Hall–Kier alpha value is -1.88. The van der Waals surface area contributed by atoms with Crippen LogP contribution >= 0.6 is 0 Å². The van der Waals surface area contributed by atoms with Crippen molar-refractivity contribution in [3.63, 3.8) is 0 Å². The molecule has 2 heterocycles. The summed E-state index contributed by atoms with van der Waals surface area (Å²) in [6.07, 6.45) is 3.77. The van der Waals surface area contributed by atoms with E-state index in [2.05, 4.69) is 10.3 Å². The van der Waals surface area contributed by atoms with Gasteiger partial charge in [-0.3, -0.25) is 9.36 Å². The third-order valence-corrected chi connectivity index (χ3v) is 3.66. The van der Waals surface area contributed by atoms with Gasteiger partial charge in [-0.05, 0) is 31.5 Å². The maximum atomic E-state index is 12.5. The average molecular weight is 259 g/mol. The van der Waals surface area contributed by atoms with Crippen molar-refractivity contribution in [3.8, 4) is 5.75 Å². The number of aromatic nitrogens is 2. The highest BCUT2D eigenvalue weighted by Crippen LogP contribution is 2.18. The number of hydrogen-bond donors (Lipinski definition) is 1. The van der Waals surface area contributed by atoms with Crippen LogP contribution in [0.3, 0.4) is 0 Å². The summed E-state index contributed by atoms with van der Waals surface area (Å²) in [5, 5.41) is 3.97. The van der Waals surface area contributed by atoms with Crippen molar-refractivity contribution in [1.29, 1.82) is 0 Å². The number of ether oxygens (including phenoxy) is 1. The molecule has 0 spiro atoms. The molecule has 0 aliphatic carbocycles. The zero-order valence-electron chi connectivity index (χ0n) is 10.9. The summed E-state index contributed by atoms with van der Waals surface area (Å²) in [6, 6.07) is 5.59. The lowest BCUT2D eigenvalue weighted by Gasteiger charge is -2.24.